The minimum absolute atomic E-state index is 0.0645. The lowest BCUT2D eigenvalue weighted by Crippen LogP contribution is -2.68. The summed E-state index contributed by atoms with van der Waals surface area (Å²) in [5.41, 5.74) is 0. The highest BCUT2D eigenvalue weighted by Crippen LogP contribution is 2.41. The van der Waals surface area contributed by atoms with Gasteiger partial charge in [-0.3, -0.25) is 19.2 Å². The monoisotopic (exact) mass is 1580 g/mol. The standard InChI is InChI=1S/C60H96O40S4/c1-17-45-30(70)38(78)54(86-17)95-47-19(3)88-56(40(80)32(47)72)97-49-21(13-101-9-5-25(61)62)90-58(42(82)34(49)74)99-51-23(15-103-11-7-27(65)66)92-60(44(84)36(51)76)100-52-24(16-104-12-8-28(67)68)91-59(43(83)35(52)75)98-50-22(14-102-10-6-26(63)64)89-57(41(81)33(50)73)96-48-20(4)87-55(39(79)31(48)71)94-46-18(2)85-53(93-45)37(77)29(46)69/h17-24,29-60,69-84H,5-16H2,1-4H3,(H,61,62)(H,63,64)(H,65,66)(H,67,68). The fraction of sp³-hybridized carbons (Fsp3) is 0.933. The Balaban J connectivity index is 1.03. The lowest BCUT2D eigenvalue weighted by Gasteiger charge is -2.50. The molecule has 40 nitrogen and oxygen atoms in total. The molecule has 44 heteroatoms. The van der Waals surface area contributed by atoms with Gasteiger partial charge in [-0.25, -0.2) is 0 Å². The van der Waals surface area contributed by atoms with E-state index in [2.05, 4.69) is 0 Å². The lowest BCUT2D eigenvalue weighted by molar-refractivity contribution is -0.397. The third kappa shape index (κ3) is 20.6. The molecular formula is C60H96O40S4. The van der Waals surface area contributed by atoms with Crippen LogP contribution in [0, 0.1) is 0 Å². The summed E-state index contributed by atoms with van der Waals surface area (Å²) in [5, 5.41) is 226. The number of hydrogen-bond acceptors (Lipinski definition) is 40. The average molecular weight is 1590 g/mol. The number of carbonyl (C=O) groups is 4. The quantitative estimate of drug-likeness (QED) is 0.0503. The van der Waals surface area contributed by atoms with Gasteiger partial charge in [-0.1, -0.05) is 0 Å². The SMILES string of the molecule is CC1OC2OC3C(C)OC(OC4C(CSCCC(=O)O)OC(OC5C(CSCCC(=O)O)OC(OC6C(CSCCC(=O)O)OC(OC7C(CSCCC(=O)O)OC(OC8C(C)OC(OC9C(C)OC(OC1C(O)C2O)C(O)C9O)C(O)C8O)C(O)C7O)C(O)C6O)C(O)C5O)C(O)C4O)C(O)C3O. The molecule has 30 saturated heterocycles. The Morgan fingerprint density at radius 2 is 0.365 bits per heavy atom. The fourth-order valence-corrected chi connectivity index (χ4v) is 17.1. The third-order valence-electron chi connectivity index (χ3n) is 19.0. The minimum Gasteiger partial charge on any atom is -0.481 e. The van der Waals surface area contributed by atoms with Crippen molar-refractivity contribution >= 4 is 70.9 Å². The van der Waals surface area contributed by atoms with E-state index in [1.807, 2.05) is 0 Å². The van der Waals surface area contributed by atoms with Crippen molar-refractivity contribution in [2.75, 3.05) is 46.0 Å². The largest absolute Gasteiger partial charge is 0.481 e. The first kappa shape index (κ1) is 86.0. The first-order chi connectivity index (χ1) is 49.2. The van der Waals surface area contributed by atoms with Gasteiger partial charge in [0.2, 0.25) is 0 Å². The second-order valence-corrected chi connectivity index (χ2v) is 31.1. The molecular weight excluding hydrogens is 1490 g/mol. The molecule has 30 rings (SSSR count). The van der Waals surface area contributed by atoms with Crippen LogP contribution in [0.5, 0.6) is 0 Å². The highest BCUT2D eigenvalue weighted by molar-refractivity contribution is 8.00. The number of aliphatic carboxylic acids is 4. The summed E-state index contributed by atoms with van der Waals surface area (Å²) in [6, 6.07) is 0. The Bertz CT molecular complexity index is 2690. The lowest BCUT2D eigenvalue weighted by atomic mass is 9.95. The maximum atomic E-state index is 12.1. The summed E-state index contributed by atoms with van der Waals surface area (Å²) >= 11 is 3.78. The molecule has 0 spiro atoms. The van der Waals surface area contributed by atoms with Crippen LogP contribution >= 0.6 is 47.0 Å². The van der Waals surface area contributed by atoms with Crippen LogP contribution in [0.25, 0.3) is 0 Å². The molecule has 30 fully saturated rings. The Kier molecular flexibility index (Phi) is 31.8. The van der Waals surface area contributed by atoms with Crippen LogP contribution in [-0.4, -0.2) is 418 Å². The molecule has 30 heterocycles. The number of aliphatic hydroxyl groups excluding tert-OH is 16. The van der Waals surface area contributed by atoms with Crippen LogP contribution in [0.2, 0.25) is 0 Å². The van der Waals surface area contributed by atoms with Crippen molar-refractivity contribution in [1.82, 2.24) is 0 Å². The summed E-state index contributed by atoms with van der Waals surface area (Å²) in [6.45, 7) is 5.40. The molecule has 0 aromatic rings. The number of aliphatic hydroxyl groups is 16. The number of carboxylic acid groups (broad SMARTS) is 4. The van der Waals surface area contributed by atoms with E-state index in [-0.39, 0.29) is 58.9 Å². The van der Waals surface area contributed by atoms with Gasteiger partial charge in [0.05, 0.1) is 74.5 Å². The minimum atomic E-state index is -2.23. The molecule has 104 heavy (non-hydrogen) atoms. The molecule has 0 aromatic carbocycles. The van der Waals surface area contributed by atoms with Gasteiger partial charge in [0.15, 0.2) is 50.3 Å². The molecule has 40 unspecified atom stereocenters. The van der Waals surface area contributed by atoms with Crippen molar-refractivity contribution in [2.24, 2.45) is 0 Å². The van der Waals surface area contributed by atoms with Gasteiger partial charge in [-0.2, -0.15) is 47.0 Å². The van der Waals surface area contributed by atoms with Crippen LogP contribution in [0.15, 0.2) is 0 Å². The summed E-state index contributed by atoms with van der Waals surface area (Å²) in [6.07, 6.45) is -75.1. The maximum absolute atomic E-state index is 12.1. The molecule has 16 bridgehead atoms. The van der Waals surface area contributed by atoms with Crippen molar-refractivity contribution in [3.8, 4) is 0 Å². The number of hydrogen-bond donors (Lipinski definition) is 20. The fourth-order valence-electron chi connectivity index (χ4n) is 13.2. The zero-order chi connectivity index (χ0) is 76.0. The smallest absolute Gasteiger partial charge is 0.304 e. The number of thioether (sulfide) groups is 4. The second-order valence-electron chi connectivity index (χ2n) is 26.5. The van der Waals surface area contributed by atoms with Crippen LogP contribution in [0.4, 0.5) is 0 Å². The normalized spacial score (nSPS) is 48.5. The van der Waals surface area contributed by atoms with Gasteiger partial charge in [-0.15, -0.1) is 0 Å². The highest BCUT2D eigenvalue weighted by atomic mass is 32.2. The molecule has 0 amide bonds. The predicted octanol–water partition coefficient (Wildman–Crippen LogP) is -8.43. The van der Waals surface area contributed by atoms with Crippen LogP contribution in [0.1, 0.15) is 53.4 Å². The molecule has 600 valence electrons. The van der Waals surface area contributed by atoms with Gasteiger partial charge >= 0.3 is 23.9 Å². The Morgan fingerprint density at radius 3 is 0.529 bits per heavy atom. The molecule has 0 saturated carbocycles. The Morgan fingerprint density at radius 1 is 0.221 bits per heavy atom. The van der Waals surface area contributed by atoms with Crippen LogP contribution in [-0.2, 0) is 95.0 Å². The van der Waals surface area contributed by atoms with E-state index in [1.54, 1.807) is 0 Å². The first-order valence-corrected chi connectivity index (χ1v) is 38.3. The summed E-state index contributed by atoms with van der Waals surface area (Å²) in [7, 11) is 0. The molecule has 30 aliphatic heterocycles. The van der Waals surface area contributed by atoms with E-state index in [0.717, 1.165) is 47.0 Å². The molecule has 0 radical (unpaired) electrons. The second kappa shape index (κ2) is 38.5. The Hall–Kier alpha value is -2.00. The topological polar surface area (TPSA) is 621 Å². The van der Waals surface area contributed by atoms with E-state index in [4.69, 9.17) is 75.8 Å². The van der Waals surface area contributed by atoms with Crippen LogP contribution < -0.4 is 0 Å². The van der Waals surface area contributed by atoms with Crippen molar-refractivity contribution in [3.05, 3.63) is 0 Å². The van der Waals surface area contributed by atoms with Gasteiger partial charge in [-0.05, 0) is 27.7 Å². The average Bonchev–Trinajstić information content (AvgIpc) is 0.779. The number of carboxylic acids is 4. The van der Waals surface area contributed by atoms with E-state index < -0.39 is 282 Å². The van der Waals surface area contributed by atoms with E-state index in [1.165, 1.54) is 27.7 Å². The first-order valence-electron chi connectivity index (χ1n) is 33.7. The van der Waals surface area contributed by atoms with Crippen molar-refractivity contribution in [3.63, 3.8) is 0 Å². The zero-order valence-electron chi connectivity index (χ0n) is 56.3. The molecule has 0 aromatic heterocycles. The summed E-state index contributed by atoms with van der Waals surface area (Å²) < 4.78 is 97.1. The summed E-state index contributed by atoms with van der Waals surface area (Å²) in [5.74, 6) is -6.24. The van der Waals surface area contributed by atoms with Gasteiger partial charge in [0.25, 0.3) is 0 Å². The predicted molar refractivity (Wildman–Crippen MR) is 345 cm³/mol. The number of ether oxygens (including phenoxy) is 16. The van der Waals surface area contributed by atoms with Crippen molar-refractivity contribution in [1.29, 1.82) is 0 Å². The van der Waals surface area contributed by atoms with Crippen molar-refractivity contribution in [2.45, 2.75) is 299 Å². The van der Waals surface area contributed by atoms with Crippen molar-refractivity contribution < 1.29 is 197 Å². The number of rotatable bonds is 20. The van der Waals surface area contributed by atoms with Gasteiger partial charge in [0, 0.05) is 46.0 Å². The Labute approximate surface area is 610 Å². The molecule has 30 aliphatic rings. The summed E-state index contributed by atoms with van der Waals surface area (Å²) in [4.78, 5) is 46.4. The van der Waals surface area contributed by atoms with E-state index in [9.17, 15) is 121 Å². The third-order valence-corrected chi connectivity index (χ3v) is 23.2. The maximum Gasteiger partial charge on any atom is 0.304 e. The molecule has 0 aliphatic carbocycles. The van der Waals surface area contributed by atoms with E-state index >= 15 is 0 Å². The van der Waals surface area contributed by atoms with E-state index in [0.29, 0.717) is 0 Å². The highest BCUT2D eigenvalue weighted by Gasteiger charge is 2.60. The zero-order valence-corrected chi connectivity index (χ0v) is 59.6. The van der Waals surface area contributed by atoms with Gasteiger partial charge < -0.3 is 178 Å². The van der Waals surface area contributed by atoms with Crippen LogP contribution in [0.3, 0.4) is 0 Å². The molecule has 40 atom stereocenters. The van der Waals surface area contributed by atoms with Gasteiger partial charge in [0.1, 0.15) is 146 Å². The molecule has 20 N–H and O–H groups in total.